The summed E-state index contributed by atoms with van der Waals surface area (Å²) in [6, 6.07) is 0.371. The highest BCUT2D eigenvalue weighted by Gasteiger charge is 2.05. The molecular weight excluding hydrogens is 158 g/mol. The molecule has 1 aromatic heterocycles. The fourth-order valence-electron chi connectivity index (χ4n) is 0.950. The van der Waals surface area contributed by atoms with Crippen LogP contribution in [0.4, 0.5) is 5.95 Å². The summed E-state index contributed by atoms with van der Waals surface area (Å²) in [5, 5.41) is 0. The van der Waals surface area contributed by atoms with Crippen LogP contribution in [0, 0.1) is 0 Å². The van der Waals surface area contributed by atoms with E-state index in [2.05, 4.69) is 31.5 Å². The maximum atomic E-state index is 5.64. The minimum atomic E-state index is 0.371. The minimum Gasteiger partial charge on any atom is -0.369 e. The lowest BCUT2D eigenvalue weighted by Crippen LogP contribution is -2.03. The highest BCUT2D eigenvalue weighted by molar-refractivity contribution is 7.79. The summed E-state index contributed by atoms with van der Waals surface area (Å²) < 4.78 is 1.94. The van der Waals surface area contributed by atoms with Crippen molar-refractivity contribution in [1.29, 1.82) is 0 Å². The van der Waals surface area contributed by atoms with Gasteiger partial charge < -0.3 is 10.3 Å². The van der Waals surface area contributed by atoms with Gasteiger partial charge in [0.2, 0.25) is 5.95 Å². The zero-order valence-electron chi connectivity index (χ0n) is 6.78. The van der Waals surface area contributed by atoms with Crippen LogP contribution in [0.3, 0.4) is 0 Å². The largest absolute Gasteiger partial charge is 0.369 e. The summed E-state index contributed by atoms with van der Waals surface area (Å²) in [4.78, 5) is 4.11. The minimum absolute atomic E-state index is 0.371. The van der Waals surface area contributed by atoms with Crippen LogP contribution in [0.25, 0.3) is 0 Å². The molecule has 62 valence electrons. The Morgan fingerprint density at radius 1 is 1.73 bits per heavy atom. The molecule has 1 rings (SSSR count). The van der Waals surface area contributed by atoms with Crippen LogP contribution in [0.2, 0.25) is 0 Å². The summed E-state index contributed by atoms with van der Waals surface area (Å²) >= 11 is 4.11. The van der Waals surface area contributed by atoms with Crippen LogP contribution in [-0.4, -0.2) is 9.55 Å². The Morgan fingerprint density at radius 3 is 2.64 bits per heavy atom. The maximum Gasteiger partial charge on any atom is 0.200 e. The summed E-state index contributed by atoms with van der Waals surface area (Å²) in [7, 11) is 0. The number of nitrogen functional groups attached to an aromatic ring is 1. The third kappa shape index (κ3) is 1.68. The molecule has 0 aliphatic heterocycles. The zero-order valence-corrected chi connectivity index (χ0v) is 7.68. The van der Waals surface area contributed by atoms with E-state index in [0.29, 0.717) is 17.7 Å². The molecule has 0 bridgehead atoms. The van der Waals surface area contributed by atoms with Crippen LogP contribution in [-0.2, 0) is 5.75 Å². The predicted octanol–water partition coefficient (Wildman–Crippen LogP) is 1.48. The smallest absolute Gasteiger partial charge is 0.200 e. The van der Waals surface area contributed by atoms with Gasteiger partial charge in [0.05, 0.1) is 5.69 Å². The van der Waals surface area contributed by atoms with Crippen molar-refractivity contribution >= 4 is 18.6 Å². The summed E-state index contributed by atoms with van der Waals surface area (Å²) in [5.41, 5.74) is 6.57. The summed E-state index contributed by atoms with van der Waals surface area (Å²) in [5.74, 6) is 1.22. The molecule has 1 heterocycles. The maximum absolute atomic E-state index is 5.64. The first-order valence-corrected chi connectivity index (χ1v) is 4.22. The summed E-state index contributed by atoms with van der Waals surface area (Å²) in [6.45, 7) is 4.14. The number of thiol groups is 1. The molecule has 0 saturated carbocycles. The van der Waals surface area contributed by atoms with E-state index in [1.165, 1.54) is 0 Å². The van der Waals surface area contributed by atoms with Gasteiger partial charge in [0.25, 0.3) is 0 Å². The monoisotopic (exact) mass is 171 g/mol. The molecule has 0 spiro atoms. The second-order valence-corrected chi connectivity index (χ2v) is 3.07. The number of anilines is 1. The van der Waals surface area contributed by atoms with Crippen molar-refractivity contribution in [3.8, 4) is 0 Å². The van der Waals surface area contributed by atoms with Crippen molar-refractivity contribution in [2.75, 3.05) is 5.73 Å². The SMILES string of the molecule is CC(C)n1cc(CS)nc1N. The average molecular weight is 171 g/mol. The molecule has 1 aromatic rings. The fourth-order valence-corrected chi connectivity index (χ4v) is 1.10. The Bertz CT molecular complexity index is 242. The van der Waals surface area contributed by atoms with E-state index in [9.17, 15) is 0 Å². The number of nitrogens with zero attached hydrogens (tertiary/aromatic N) is 2. The molecule has 2 N–H and O–H groups in total. The lowest BCUT2D eigenvalue weighted by atomic mass is 10.4. The van der Waals surface area contributed by atoms with Crippen molar-refractivity contribution in [2.24, 2.45) is 0 Å². The van der Waals surface area contributed by atoms with Gasteiger partial charge >= 0.3 is 0 Å². The van der Waals surface area contributed by atoms with Crippen molar-refractivity contribution < 1.29 is 0 Å². The Kier molecular flexibility index (Phi) is 2.44. The van der Waals surface area contributed by atoms with Gasteiger partial charge in [0.1, 0.15) is 0 Å². The second kappa shape index (κ2) is 3.17. The quantitative estimate of drug-likeness (QED) is 0.662. The van der Waals surface area contributed by atoms with E-state index in [4.69, 9.17) is 5.73 Å². The molecule has 0 unspecified atom stereocenters. The van der Waals surface area contributed by atoms with E-state index in [1.54, 1.807) is 0 Å². The van der Waals surface area contributed by atoms with Gasteiger partial charge in [0, 0.05) is 18.0 Å². The molecule has 4 heteroatoms. The lowest BCUT2D eigenvalue weighted by molar-refractivity contribution is 0.608. The van der Waals surface area contributed by atoms with Gasteiger partial charge in [-0.2, -0.15) is 12.6 Å². The fraction of sp³-hybridized carbons (Fsp3) is 0.571. The van der Waals surface area contributed by atoms with Crippen LogP contribution >= 0.6 is 12.6 Å². The molecule has 0 radical (unpaired) electrons. The standard InChI is InChI=1S/C7H13N3S/c1-5(2)10-3-6(4-11)9-7(10)8/h3,5,11H,4H2,1-2H3,(H2,8,9). The number of rotatable bonds is 2. The Labute approximate surface area is 72.0 Å². The van der Waals surface area contributed by atoms with Crippen molar-refractivity contribution in [2.45, 2.75) is 25.6 Å². The first-order valence-electron chi connectivity index (χ1n) is 3.59. The van der Waals surface area contributed by atoms with Crippen molar-refractivity contribution in [3.63, 3.8) is 0 Å². The molecule has 0 amide bonds. The van der Waals surface area contributed by atoms with E-state index in [-0.39, 0.29) is 0 Å². The Hall–Kier alpha value is -0.640. The van der Waals surface area contributed by atoms with Gasteiger partial charge in [-0.1, -0.05) is 0 Å². The number of nitrogens with two attached hydrogens (primary N) is 1. The summed E-state index contributed by atoms with van der Waals surface area (Å²) in [6.07, 6.45) is 1.94. The number of aromatic nitrogens is 2. The van der Waals surface area contributed by atoms with Gasteiger partial charge in [0.15, 0.2) is 0 Å². The van der Waals surface area contributed by atoms with Crippen LogP contribution in [0.1, 0.15) is 25.6 Å². The number of imidazole rings is 1. The molecule has 0 saturated heterocycles. The first-order chi connectivity index (χ1) is 5.15. The Morgan fingerprint density at radius 2 is 2.36 bits per heavy atom. The Balaban J connectivity index is 2.97. The van der Waals surface area contributed by atoms with Gasteiger partial charge in [-0.3, -0.25) is 0 Å². The van der Waals surface area contributed by atoms with Gasteiger partial charge in [-0.15, -0.1) is 0 Å². The van der Waals surface area contributed by atoms with E-state index >= 15 is 0 Å². The van der Waals surface area contributed by atoms with Crippen LogP contribution in [0.5, 0.6) is 0 Å². The van der Waals surface area contributed by atoms with E-state index in [0.717, 1.165) is 5.69 Å². The molecule has 0 atom stereocenters. The predicted molar refractivity (Wildman–Crippen MR) is 49.7 cm³/mol. The molecule has 0 fully saturated rings. The molecule has 0 aliphatic rings. The topological polar surface area (TPSA) is 43.8 Å². The first kappa shape index (κ1) is 8.46. The lowest BCUT2D eigenvalue weighted by Gasteiger charge is -2.06. The average Bonchev–Trinajstić information content (AvgIpc) is 2.30. The van der Waals surface area contributed by atoms with Gasteiger partial charge in [-0.25, -0.2) is 4.98 Å². The molecule has 0 aromatic carbocycles. The molecule has 11 heavy (non-hydrogen) atoms. The highest BCUT2D eigenvalue weighted by atomic mass is 32.1. The third-order valence-electron chi connectivity index (χ3n) is 1.53. The van der Waals surface area contributed by atoms with Crippen molar-refractivity contribution in [3.05, 3.63) is 11.9 Å². The number of hydrogen-bond donors (Lipinski definition) is 2. The molecular formula is C7H13N3S. The highest BCUT2D eigenvalue weighted by Crippen LogP contribution is 2.13. The third-order valence-corrected chi connectivity index (χ3v) is 1.85. The van der Waals surface area contributed by atoms with Crippen LogP contribution < -0.4 is 5.73 Å². The number of hydrogen-bond acceptors (Lipinski definition) is 3. The molecule has 3 nitrogen and oxygen atoms in total. The van der Waals surface area contributed by atoms with E-state index in [1.807, 2.05) is 10.8 Å². The van der Waals surface area contributed by atoms with Gasteiger partial charge in [-0.05, 0) is 13.8 Å². The normalized spacial score (nSPS) is 10.9. The zero-order chi connectivity index (χ0) is 8.43. The van der Waals surface area contributed by atoms with E-state index < -0.39 is 0 Å². The second-order valence-electron chi connectivity index (χ2n) is 2.75. The van der Waals surface area contributed by atoms with Crippen LogP contribution in [0.15, 0.2) is 6.20 Å². The molecule has 0 aliphatic carbocycles. The van der Waals surface area contributed by atoms with Crippen molar-refractivity contribution in [1.82, 2.24) is 9.55 Å².